The van der Waals surface area contributed by atoms with Crippen molar-refractivity contribution in [2.24, 2.45) is 5.92 Å². The van der Waals surface area contributed by atoms with Gasteiger partial charge in [0.25, 0.3) is 0 Å². The average molecular weight is 348 g/mol. The Bertz CT molecular complexity index is 572. The maximum Gasteiger partial charge on any atom is 0.242 e. The van der Waals surface area contributed by atoms with E-state index >= 15 is 0 Å². The van der Waals surface area contributed by atoms with E-state index in [-0.39, 0.29) is 17.4 Å². The number of piperidine rings is 1. The van der Waals surface area contributed by atoms with E-state index in [9.17, 15) is 4.79 Å². The molecular formula is C17H28N6O2. The molecule has 0 saturated carbocycles. The molecule has 1 aromatic heterocycles. The molecule has 138 valence electrons. The molecule has 3 rings (SSSR count). The first-order valence-corrected chi connectivity index (χ1v) is 8.92. The molecule has 2 aliphatic rings. The van der Waals surface area contributed by atoms with Crippen molar-refractivity contribution in [2.75, 3.05) is 26.2 Å². The van der Waals surface area contributed by atoms with E-state index in [2.05, 4.69) is 47.4 Å². The highest BCUT2D eigenvalue weighted by molar-refractivity contribution is 5.82. The first kappa shape index (κ1) is 18.0. The SMILES string of the molecule is CC(C)(C)c1ccc(OCC2CCN(C(=O)C3CNNN3)CC2)nn1. The first-order chi connectivity index (χ1) is 11.9. The predicted molar refractivity (Wildman–Crippen MR) is 93.6 cm³/mol. The monoisotopic (exact) mass is 348 g/mol. The third-order valence-electron chi connectivity index (χ3n) is 4.74. The molecule has 1 aromatic rings. The van der Waals surface area contributed by atoms with Gasteiger partial charge in [-0.1, -0.05) is 20.8 Å². The lowest BCUT2D eigenvalue weighted by molar-refractivity contribution is -0.134. The molecule has 0 aromatic carbocycles. The molecule has 8 nitrogen and oxygen atoms in total. The van der Waals surface area contributed by atoms with E-state index in [1.807, 2.05) is 17.0 Å². The van der Waals surface area contributed by atoms with E-state index in [1.165, 1.54) is 0 Å². The van der Waals surface area contributed by atoms with Gasteiger partial charge in [0.15, 0.2) is 0 Å². The van der Waals surface area contributed by atoms with E-state index in [1.54, 1.807) is 0 Å². The number of hydrogen-bond donors (Lipinski definition) is 3. The Hall–Kier alpha value is -1.77. The minimum absolute atomic E-state index is 0.00981. The topological polar surface area (TPSA) is 91.4 Å². The number of ether oxygens (including phenoxy) is 1. The highest BCUT2D eigenvalue weighted by Gasteiger charge is 2.30. The molecule has 2 fully saturated rings. The first-order valence-electron chi connectivity index (χ1n) is 8.92. The fourth-order valence-corrected chi connectivity index (χ4v) is 3.03. The predicted octanol–water partition coefficient (Wildman–Crippen LogP) is 0.373. The van der Waals surface area contributed by atoms with Crippen molar-refractivity contribution in [3.63, 3.8) is 0 Å². The van der Waals surface area contributed by atoms with E-state index in [0.717, 1.165) is 31.6 Å². The van der Waals surface area contributed by atoms with Crippen molar-refractivity contribution in [3.8, 4) is 5.88 Å². The fourth-order valence-electron chi connectivity index (χ4n) is 3.03. The molecule has 0 bridgehead atoms. The van der Waals surface area contributed by atoms with Gasteiger partial charge in [0.2, 0.25) is 11.8 Å². The highest BCUT2D eigenvalue weighted by Crippen LogP contribution is 2.22. The summed E-state index contributed by atoms with van der Waals surface area (Å²) in [6.45, 7) is 9.13. The molecule has 3 heterocycles. The lowest BCUT2D eigenvalue weighted by atomic mass is 9.92. The highest BCUT2D eigenvalue weighted by atomic mass is 16.5. The average Bonchev–Trinajstić information content (AvgIpc) is 3.14. The Labute approximate surface area is 148 Å². The van der Waals surface area contributed by atoms with Crippen LogP contribution in [-0.4, -0.2) is 53.3 Å². The Kier molecular flexibility index (Phi) is 5.51. The second-order valence-corrected chi connectivity index (χ2v) is 7.79. The number of aromatic nitrogens is 2. The molecule has 3 N–H and O–H groups in total. The van der Waals surface area contributed by atoms with Crippen molar-refractivity contribution < 1.29 is 9.53 Å². The van der Waals surface area contributed by atoms with E-state index in [4.69, 9.17) is 4.74 Å². The van der Waals surface area contributed by atoms with Gasteiger partial charge in [0.1, 0.15) is 6.04 Å². The minimum atomic E-state index is -0.176. The molecule has 1 unspecified atom stereocenters. The molecule has 0 radical (unpaired) electrons. The third kappa shape index (κ3) is 4.65. The Morgan fingerprint density at radius 3 is 2.60 bits per heavy atom. The Balaban J connectivity index is 1.42. The Morgan fingerprint density at radius 2 is 2.04 bits per heavy atom. The Morgan fingerprint density at radius 1 is 1.28 bits per heavy atom. The number of hydrazine groups is 2. The summed E-state index contributed by atoms with van der Waals surface area (Å²) in [6.07, 6.45) is 1.90. The molecule has 1 amide bonds. The fraction of sp³-hybridized carbons (Fsp3) is 0.706. The molecule has 2 aliphatic heterocycles. The lowest BCUT2D eigenvalue weighted by Crippen LogP contribution is -2.49. The second kappa shape index (κ2) is 7.63. The van der Waals surface area contributed by atoms with Gasteiger partial charge in [0.05, 0.1) is 12.3 Å². The summed E-state index contributed by atoms with van der Waals surface area (Å²) in [7, 11) is 0. The van der Waals surface area contributed by atoms with Crippen LogP contribution in [0.3, 0.4) is 0 Å². The van der Waals surface area contributed by atoms with Crippen molar-refractivity contribution in [1.29, 1.82) is 0 Å². The largest absolute Gasteiger partial charge is 0.476 e. The minimum Gasteiger partial charge on any atom is -0.476 e. The zero-order chi connectivity index (χ0) is 17.9. The normalized spacial score (nSPS) is 22.2. The molecule has 2 saturated heterocycles. The van der Waals surface area contributed by atoms with Crippen LogP contribution in [-0.2, 0) is 10.2 Å². The van der Waals surface area contributed by atoms with E-state index < -0.39 is 0 Å². The molecule has 25 heavy (non-hydrogen) atoms. The summed E-state index contributed by atoms with van der Waals surface area (Å²) >= 11 is 0. The van der Waals surface area contributed by atoms with Gasteiger partial charge in [0, 0.05) is 31.1 Å². The zero-order valence-electron chi connectivity index (χ0n) is 15.2. The van der Waals surface area contributed by atoms with Crippen LogP contribution in [0.2, 0.25) is 0 Å². The summed E-state index contributed by atoms with van der Waals surface area (Å²) in [6, 6.07) is 3.68. The molecule has 0 spiro atoms. The van der Waals surface area contributed by atoms with Gasteiger partial charge < -0.3 is 9.64 Å². The van der Waals surface area contributed by atoms with Crippen molar-refractivity contribution in [2.45, 2.75) is 45.1 Å². The van der Waals surface area contributed by atoms with Crippen molar-refractivity contribution >= 4 is 5.91 Å². The van der Waals surface area contributed by atoms with Crippen LogP contribution in [0.25, 0.3) is 0 Å². The van der Waals surface area contributed by atoms with Crippen molar-refractivity contribution in [3.05, 3.63) is 17.8 Å². The number of carbonyl (C=O) groups excluding carboxylic acids is 1. The number of rotatable bonds is 4. The van der Waals surface area contributed by atoms with Crippen molar-refractivity contribution in [1.82, 2.24) is 31.5 Å². The summed E-state index contributed by atoms with van der Waals surface area (Å²) in [4.78, 5) is 14.3. The van der Waals surface area contributed by atoms with Gasteiger partial charge >= 0.3 is 0 Å². The van der Waals surface area contributed by atoms with Crippen LogP contribution in [0.4, 0.5) is 0 Å². The van der Waals surface area contributed by atoms with Crippen LogP contribution in [0.15, 0.2) is 12.1 Å². The molecule has 1 atom stereocenters. The van der Waals surface area contributed by atoms with Gasteiger partial charge in [-0.2, -0.15) is 10.6 Å². The number of nitrogens with one attached hydrogen (secondary N) is 3. The third-order valence-corrected chi connectivity index (χ3v) is 4.74. The van der Waals surface area contributed by atoms with Gasteiger partial charge in [-0.25, -0.2) is 10.9 Å². The summed E-state index contributed by atoms with van der Waals surface area (Å²) in [5.74, 6) is 1.17. The van der Waals surface area contributed by atoms with Crippen LogP contribution >= 0.6 is 0 Å². The summed E-state index contributed by atoms with van der Waals surface area (Å²) < 4.78 is 5.80. The van der Waals surface area contributed by atoms with Gasteiger partial charge in [-0.05, 0) is 24.8 Å². The van der Waals surface area contributed by atoms with Crippen LogP contribution in [0.5, 0.6) is 5.88 Å². The molecular weight excluding hydrogens is 320 g/mol. The number of amides is 1. The second-order valence-electron chi connectivity index (χ2n) is 7.79. The summed E-state index contributed by atoms with van der Waals surface area (Å²) in [5, 5.41) is 8.41. The van der Waals surface area contributed by atoms with Crippen LogP contribution in [0.1, 0.15) is 39.3 Å². The smallest absolute Gasteiger partial charge is 0.242 e. The zero-order valence-corrected chi connectivity index (χ0v) is 15.2. The molecule has 8 heteroatoms. The maximum atomic E-state index is 12.3. The number of carbonyl (C=O) groups is 1. The van der Waals surface area contributed by atoms with Gasteiger partial charge in [-0.15, -0.1) is 5.10 Å². The van der Waals surface area contributed by atoms with E-state index in [0.29, 0.717) is 24.9 Å². The maximum absolute atomic E-state index is 12.3. The van der Waals surface area contributed by atoms with Crippen LogP contribution in [0, 0.1) is 5.92 Å². The number of nitrogens with zero attached hydrogens (tertiary/aromatic N) is 3. The number of hydrogen-bond acceptors (Lipinski definition) is 7. The molecule has 0 aliphatic carbocycles. The summed E-state index contributed by atoms with van der Waals surface area (Å²) in [5.41, 5.74) is 9.56. The van der Waals surface area contributed by atoms with Gasteiger partial charge in [-0.3, -0.25) is 4.79 Å². The lowest BCUT2D eigenvalue weighted by Gasteiger charge is -2.33. The number of likely N-dealkylation sites (tertiary alicyclic amines) is 1. The quantitative estimate of drug-likeness (QED) is 0.724. The standard InChI is InChI=1S/C17H28N6O2/c1-17(2,3)14-4-5-15(21-20-14)25-11-12-6-8-23(9-7-12)16(24)13-10-18-22-19-13/h4-5,12-13,18-19,22H,6-11H2,1-3H3. The van der Waals surface area contributed by atoms with Crippen LogP contribution < -0.4 is 21.1 Å².